The maximum atomic E-state index is 12.7. The van der Waals surface area contributed by atoms with Gasteiger partial charge in [-0.05, 0) is 50.7 Å². The van der Waals surface area contributed by atoms with Crippen LogP contribution in [-0.4, -0.2) is 48.3 Å². The smallest absolute Gasteiger partial charge is 0.335 e. The van der Waals surface area contributed by atoms with E-state index in [1.807, 2.05) is 19.1 Å². The Hall–Kier alpha value is -2.87. The normalized spacial score (nSPS) is 12.5. The van der Waals surface area contributed by atoms with E-state index in [0.29, 0.717) is 17.8 Å². The lowest BCUT2D eigenvalue weighted by molar-refractivity contribution is -0.137. The molecule has 2 aromatic rings. The van der Waals surface area contributed by atoms with Crippen molar-refractivity contribution in [1.82, 2.24) is 9.80 Å². The Balaban J connectivity index is 1.89. The van der Waals surface area contributed by atoms with Gasteiger partial charge < -0.3 is 10.2 Å². The first-order valence-electron chi connectivity index (χ1n) is 9.45. The summed E-state index contributed by atoms with van der Waals surface area (Å²) in [5.74, 6) is -0.573. The molecule has 0 heterocycles. The molecule has 0 saturated heterocycles. The van der Waals surface area contributed by atoms with E-state index in [4.69, 9.17) is 0 Å². The number of nitrogens with zero attached hydrogens (tertiary/aromatic N) is 2. The highest BCUT2D eigenvalue weighted by molar-refractivity contribution is 5.95. The average Bonchev–Trinajstić information content (AvgIpc) is 2.68. The molecule has 0 unspecified atom stereocenters. The minimum absolute atomic E-state index is 0.106. The molecule has 1 N–H and O–H groups in total. The highest BCUT2D eigenvalue weighted by Crippen LogP contribution is 2.29. The number of rotatable bonds is 7. The molecule has 0 aliphatic rings. The van der Waals surface area contributed by atoms with Crippen molar-refractivity contribution in [1.29, 1.82) is 0 Å². The summed E-state index contributed by atoms with van der Waals surface area (Å²) in [7, 11) is 3.25. The SMILES string of the molecule is Cc1ccc(NC(=O)CN(C)C(=O)[C@H](C)N(C)Cc2ccc(C(F)(F)F)cc2)cc1. The molecule has 2 amide bonds. The van der Waals surface area contributed by atoms with Crippen LogP contribution >= 0.6 is 0 Å². The number of aryl methyl sites for hydroxylation is 1. The van der Waals surface area contributed by atoms with Crippen LogP contribution < -0.4 is 5.32 Å². The highest BCUT2D eigenvalue weighted by atomic mass is 19.4. The zero-order valence-corrected chi connectivity index (χ0v) is 17.5. The quantitative estimate of drug-likeness (QED) is 0.737. The van der Waals surface area contributed by atoms with Crippen molar-refractivity contribution >= 4 is 17.5 Å². The van der Waals surface area contributed by atoms with E-state index in [0.717, 1.165) is 17.7 Å². The van der Waals surface area contributed by atoms with Gasteiger partial charge in [0.2, 0.25) is 11.8 Å². The van der Waals surface area contributed by atoms with E-state index in [-0.39, 0.29) is 18.4 Å². The van der Waals surface area contributed by atoms with Crippen molar-refractivity contribution in [2.24, 2.45) is 0 Å². The first kappa shape index (κ1) is 23.4. The number of hydrogen-bond acceptors (Lipinski definition) is 3. The number of alkyl halides is 3. The van der Waals surface area contributed by atoms with E-state index in [9.17, 15) is 22.8 Å². The fraction of sp³-hybridized carbons (Fsp3) is 0.364. The van der Waals surface area contributed by atoms with Crippen molar-refractivity contribution in [2.75, 3.05) is 26.0 Å². The van der Waals surface area contributed by atoms with Crippen molar-refractivity contribution < 1.29 is 22.8 Å². The summed E-state index contributed by atoms with van der Waals surface area (Å²) < 4.78 is 38.0. The van der Waals surface area contributed by atoms with Gasteiger partial charge in [-0.25, -0.2) is 0 Å². The Morgan fingerprint density at radius 2 is 1.57 bits per heavy atom. The van der Waals surface area contributed by atoms with Crippen LogP contribution in [0.15, 0.2) is 48.5 Å². The van der Waals surface area contributed by atoms with E-state index in [1.165, 1.54) is 17.0 Å². The van der Waals surface area contributed by atoms with Crippen LogP contribution in [0.4, 0.5) is 18.9 Å². The molecule has 0 aromatic heterocycles. The molecule has 5 nitrogen and oxygen atoms in total. The van der Waals surface area contributed by atoms with E-state index in [1.54, 1.807) is 38.1 Å². The van der Waals surface area contributed by atoms with E-state index >= 15 is 0 Å². The number of halogens is 3. The van der Waals surface area contributed by atoms with Crippen LogP contribution in [0.3, 0.4) is 0 Å². The summed E-state index contributed by atoms with van der Waals surface area (Å²) in [6.45, 7) is 3.83. The van der Waals surface area contributed by atoms with Crippen molar-refractivity contribution in [2.45, 2.75) is 32.6 Å². The largest absolute Gasteiger partial charge is 0.416 e. The van der Waals surface area contributed by atoms with Gasteiger partial charge in [-0.15, -0.1) is 0 Å². The van der Waals surface area contributed by atoms with Gasteiger partial charge in [0.25, 0.3) is 0 Å². The maximum Gasteiger partial charge on any atom is 0.416 e. The van der Waals surface area contributed by atoms with Crippen LogP contribution in [-0.2, 0) is 22.3 Å². The zero-order chi connectivity index (χ0) is 22.5. The Morgan fingerprint density at radius 1 is 1.00 bits per heavy atom. The Kier molecular flexibility index (Phi) is 7.61. The standard InChI is InChI=1S/C22H26F3N3O2/c1-15-5-11-19(12-6-15)26-20(29)14-28(4)21(30)16(2)27(3)13-17-7-9-18(10-8-17)22(23,24)25/h5-12,16H,13-14H2,1-4H3,(H,26,29)/t16-/m0/s1. The third kappa shape index (κ3) is 6.59. The third-order valence-corrected chi connectivity index (χ3v) is 4.82. The maximum absolute atomic E-state index is 12.7. The van der Waals surface area contributed by atoms with Gasteiger partial charge in [0, 0.05) is 19.3 Å². The minimum atomic E-state index is -4.38. The van der Waals surface area contributed by atoms with E-state index < -0.39 is 17.8 Å². The average molecular weight is 421 g/mol. The number of benzene rings is 2. The summed E-state index contributed by atoms with van der Waals surface area (Å²) in [4.78, 5) is 27.9. The molecule has 0 bridgehead atoms. The number of nitrogens with one attached hydrogen (secondary N) is 1. The molecule has 0 spiro atoms. The molecule has 2 rings (SSSR count). The molecular weight excluding hydrogens is 395 g/mol. The van der Waals surface area contributed by atoms with Crippen LogP contribution in [0.5, 0.6) is 0 Å². The predicted molar refractivity (Wildman–Crippen MR) is 110 cm³/mol. The lowest BCUT2D eigenvalue weighted by atomic mass is 10.1. The van der Waals surface area contributed by atoms with Crippen molar-refractivity contribution in [3.8, 4) is 0 Å². The number of hydrogen-bond donors (Lipinski definition) is 1. The number of carbonyl (C=O) groups is 2. The molecule has 0 radical (unpaired) electrons. The molecule has 162 valence electrons. The molecule has 30 heavy (non-hydrogen) atoms. The van der Waals surface area contributed by atoms with Crippen LogP contribution in [0, 0.1) is 6.92 Å². The first-order valence-corrected chi connectivity index (χ1v) is 9.45. The minimum Gasteiger partial charge on any atom is -0.335 e. The summed E-state index contributed by atoms with van der Waals surface area (Å²) in [5, 5.41) is 2.74. The molecule has 0 fully saturated rings. The Labute approximate surface area is 174 Å². The topological polar surface area (TPSA) is 52.7 Å². The second-order valence-electron chi connectivity index (χ2n) is 7.39. The number of amides is 2. The highest BCUT2D eigenvalue weighted by Gasteiger charge is 2.30. The molecule has 8 heteroatoms. The van der Waals surface area contributed by atoms with Gasteiger partial charge in [-0.3, -0.25) is 14.5 Å². The fourth-order valence-electron chi connectivity index (χ4n) is 2.86. The Bertz CT molecular complexity index is 865. The summed E-state index contributed by atoms with van der Waals surface area (Å²) in [6.07, 6.45) is -4.38. The molecule has 0 aliphatic carbocycles. The van der Waals surface area contributed by atoms with Crippen LogP contribution in [0.1, 0.15) is 23.6 Å². The summed E-state index contributed by atoms with van der Waals surface area (Å²) in [6, 6.07) is 11.6. The number of carbonyl (C=O) groups excluding carboxylic acids is 2. The second-order valence-corrected chi connectivity index (χ2v) is 7.39. The first-order chi connectivity index (χ1) is 14.0. The Morgan fingerprint density at radius 3 is 2.10 bits per heavy atom. The van der Waals surface area contributed by atoms with Crippen LogP contribution in [0.25, 0.3) is 0 Å². The number of anilines is 1. The lowest BCUT2D eigenvalue weighted by Gasteiger charge is -2.28. The monoisotopic (exact) mass is 421 g/mol. The molecule has 0 saturated carbocycles. The lowest BCUT2D eigenvalue weighted by Crippen LogP contribution is -2.46. The van der Waals surface area contributed by atoms with Gasteiger partial charge >= 0.3 is 6.18 Å². The molecule has 0 aliphatic heterocycles. The van der Waals surface area contributed by atoms with E-state index in [2.05, 4.69) is 5.32 Å². The summed E-state index contributed by atoms with van der Waals surface area (Å²) in [5.41, 5.74) is 1.67. The second kappa shape index (κ2) is 9.75. The number of likely N-dealkylation sites (N-methyl/N-ethyl adjacent to an activating group) is 2. The fourth-order valence-corrected chi connectivity index (χ4v) is 2.86. The van der Waals surface area contributed by atoms with Gasteiger partial charge in [0.05, 0.1) is 18.2 Å². The molecular formula is C22H26F3N3O2. The third-order valence-electron chi connectivity index (χ3n) is 4.82. The zero-order valence-electron chi connectivity index (χ0n) is 17.5. The summed E-state index contributed by atoms with van der Waals surface area (Å²) >= 11 is 0. The van der Waals surface area contributed by atoms with Gasteiger partial charge in [-0.1, -0.05) is 29.8 Å². The predicted octanol–water partition coefficient (Wildman–Crippen LogP) is 3.93. The van der Waals surface area contributed by atoms with Gasteiger partial charge in [0.1, 0.15) is 0 Å². The van der Waals surface area contributed by atoms with Crippen molar-refractivity contribution in [3.63, 3.8) is 0 Å². The van der Waals surface area contributed by atoms with Gasteiger partial charge in [-0.2, -0.15) is 13.2 Å². The molecule has 2 aromatic carbocycles. The molecule has 1 atom stereocenters. The van der Waals surface area contributed by atoms with Gasteiger partial charge in [0.15, 0.2) is 0 Å². The van der Waals surface area contributed by atoms with Crippen LogP contribution in [0.2, 0.25) is 0 Å². The van der Waals surface area contributed by atoms with Crippen molar-refractivity contribution in [3.05, 3.63) is 65.2 Å².